The van der Waals surface area contributed by atoms with E-state index >= 15 is 0 Å². The fourth-order valence-corrected chi connectivity index (χ4v) is 3.15. The molecule has 1 amide bonds. The molecule has 3 aromatic rings. The summed E-state index contributed by atoms with van der Waals surface area (Å²) in [5.41, 5.74) is 8.75. The number of hydrogen-bond acceptors (Lipinski definition) is 7. The maximum absolute atomic E-state index is 12.4. The number of carbonyl (C=O) groups excluding carboxylic acids is 1. The third-order valence-electron chi connectivity index (χ3n) is 3.48. The second-order valence-corrected chi connectivity index (χ2v) is 6.63. The number of nitrogens with zero attached hydrogens (tertiary/aromatic N) is 3. The van der Waals surface area contributed by atoms with Gasteiger partial charge in [0.05, 0.1) is 28.6 Å². The summed E-state index contributed by atoms with van der Waals surface area (Å²) < 4.78 is 0. The first-order chi connectivity index (χ1) is 12.0. The zero-order valence-corrected chi connectivity index (χ0v) is 14.7. The van der Waals surface area contributed by atoms with E-state index in [0.29, 0.717) is 22.9 Å². The van der Waals surface area contributed by atoms with E-state index < -0.39 is 0 Å². The van der Waals surface area contributed by atoms with Crippen molar-refractivity contribution in [2.24, 2.45) is 0 Å². The van der Waals surface area contributed by atoms with Gasteiger partial charge in [-0.15, -0.1) is 11.3 Å². The topological polar surface area (TPSA) is 106 Å². The van der Waals surface area contributed by atoms with Gasteiger partial charge in [-0.1, -0.05) is 0 Å². The Morgan fingerprint density at radius 2 is 2.08 bits per heavy atom. The van der Waals surface area contributed by atoms with E-state index in [1.54, 1.807) is 18.5 Å². The lowest BCUT2D eigenvalue weighted by Crippen LogP contribution is -2.12. The average molecular weight is 354 g/mol. The zero-order chi connectivity index (χ0) is 17.8. The van der Waals surface area contributed by atoms with Crippen LogP contribution < -0.4 is 16.4 Å². The molecule has 25 heavy (non-hydrogen) atoms. The predicted molar refractivity (Wildman–Crippen MR) is 99.8 cm³/mol. The summed E-state index contributed by atoms with van der Waals surface area (Å²) in [6, 6.07) is 7.23. The fraction of sp³-hybridized carbons (Fsp3) is 0.176. The molecular formula is C17H18N6OS. The Labute approximate surface area is 149 Å². The molecule has 0 atom stereocenters. The quantitative estimate of drug-likeness (QED) is 0.650. The maximum atomic E-state index is 12.4. The Morgan fingerprint density at radius 3 is 2.80 bits per heavy atom. The number of nitrogens with two attached hydrogens (primary N) is 1. The normalized spacial score (nSPS) is 10.5. The molecule has 0 aromatic carbocycles. The van der Waals surface area contributed by atoms with Crippen LogP contribution in [0.3, 0.4) is 0 Å². The number of aryl methyl sites for hydroxylation is 2. The van der Waals surface area contributed by atoms with Crippen molar-refractivity contribution in [3.8, 4) is 0 Å². The number of hydrogen-bond donors (Lipinski definition) is 3. The van der Waals surface area contributed by atoms with Gasteiger partial charge in [-0.05, 0) is 38.1 Å². The Bertz CT molecular complexity index is 908. The first-order valence-corrected chi connectivity index (χ1v) is 8.49. The van der Waals surface area contributed by atoms with Gasteiger partial charge < -0.3 is 16.4 Å². The van der Waals surface area contributed by atoms with Crippen molar-refractivity contribution in [3.05, 3.63) is 57.9 Å². The van der Waals surface area contributed by atoms with E-state index in [1.807, 2.05) is 32.0 Å². The molecule has 0 aliphatic carbocycles. The maximum Gasteiger partial charge on any atom is 0.267 e. The van der Waals surface area contributed by atoms with Gasteiger partial charge >= 0.3 is 0 Å². The van der Waals surface area contributed by atoms with Crippen molar-refractivity contribution in [1.82, 2.24) is 15.0 Å². The third kappa shape index (κ3) is 4.10. The van der Waals surface area contributed by atoms with Crippen LogP contribution in [0.2, 0.25) is 0 Å². The molecule has 0 spiro atoms. The number of carbonyl (C=O) groups is 1. The van der Waals surface area contributed by atoms with E-state index in [0.717, 1.165) is 22.1 Å². The lowest BCUT2D eigenvalue weighted by atomic mass is 10.3. The predicted octanol–water partition coefficient (Wildman–Crippen LogP) is 3.00. The van der Waals surface area contributed by atoms with Gasteiger partial charge in [-0.3, -0.25) is 9.78 Å². The van der Waals surface area contributed by atoms with Gasteiger partial charge in [0, 0.05) is 18.1 Å². The molecule has 0 saturated heterocycles. The molecule has 128 valence electrons. The smallest absolute Gasteiger partial charge is 0.267 e. The summed E-state index contributed by atoms with van der Waals surface area (Å²) in [5.74, 6) is 0.271. The van der Waals surface area contributed by atoms with E-state index in [2.05, 4.69) is 25.6 Å². The molecule has 3 aromatic heterocycles. The minimum absolute atomic E-state index is 0.162. The van der Waals surface area contributed by atoms with Crippen molar-refractivity contribution < 1.29 is 4.79 Å². The van der Waals surface area contributed by atoms with Gasteiger partial charge in [-0.25, -0.2) is 9.97 Å². The first kappa shape index (κ1) is 16.8. The van der Waals surface area contributed by atoms with Crippen LogP contribution >= 0.6 is 11.3 Å². The molecular weight excluding hydrogens is 336 g/mol. The molecule has 0 saturated carbocycles. The first-order valence-electron chi connectivity index (χ1n) is 7.67. The van der Waals surface area contributed by atoms with E-state index in [-0.39, 0.29) is 5.91 Å². The molecule has 3 heterocycles. The monoisotopic (exact) mass is 354 g/mol. The number of thiazole rings is 1. The largest absolute Gasteiger partial charge is 0.382 e. The summed E-state index contributed by atoms with van der Waals surface area (Å²) in [6.45, 7) is 4.19. The van der Waals surface area contributed by atoms with Crippen LogP contribution in [0.15, 0.2) is 36.7 Å². The van der Waals surface area contributed by atoms with Crippen LogP contribution in [0.5, 0.6) is 0 Å². The molecule has 0 unspecified atom stereocenters. The number of nitrogen functional groups attached to an aromatic ring is 1. The van der Waals surface area contributed by atoms with Crippen molar-refractivity contribution in [2.45, 2.75) is 20.4 Å². The van der Waals surface area contributed by atoms with Gasteiger partial charge in [0.25, 0.3) is 5.91 Å². The molecule has 0 fully saturated rings. The van der Waals surface area contributed by atoms with Crippen LogP contribution in [-0.2, 0) is 6.54 Å². The zero-order valence-electron chi connectivity index (χ0n) is 13.9. The van der Waals surface area contributed by atoms with Gasteiger partial charge in [-0.2, -0.15) is 0 Å². The Balaban J connectivity index is 1.68. The third-order valence-corrected chi connectivity index (χ3v) is 4.55. The fourth-order valence-electron chi connectivity index (χ4n) is 2.34. The van der Waals surface area contributed by atoms with E-state index in [1.165, 1.54) is 11.3 Å². The molecule has 4 N–H and O–H groups in total. The number of rotatable bonds is 5. The van der Waals surface area contributed by atoms with Crippen molar-refractivity contribution >= 4 is 34.4 Å². The van der Waals surface area contributed by atoms with Crippen LogP contribution in [0.1, 0.15) is 26.1 Å². The van der Waals surface area contributed by atoms with Crippen LogP contribution in [0.4, 0.5) is 17.2 Å². The molecule has 0 radical (unpaired) electrons. The minimum atomic E-state index is -0.162. The van der Waals surface area contributed by atoms with Gasteiger partial charge in [0.2, 0.25) is 0 Å². The highest BCUT2D eigenvalue weighted by molar-refractivity contribution is 7.13. The number of nitrogens with one attached hydrogen (secondary N) is 2. The SMILES string of the molecule is Cc1nc(C)c(C(=O)Nc2ccnc(CNc3cccnc3N)c2)s1. The second-order valence-electron chi connectivity index (χ2n) is 5.43. The van der Waals surface area contributed by atoms with Crippen LogP contribution in [-0.4, -0.2) is 20.9 Å². The Kier molecular flexibility index (Phi) is 4.90. The molecule has 0 bridgehead atoms. The second kappa shape index (κ2) is 7.27. The van der Waals surface area contributed by atoms with E-state index in [4.69, 9.17) is 5.73 Å². The molecule has 8 heteroatoms. The number of aromatic nitrogens is 3. The average Bonchev–Trinajstić information content (AvgIpc) is 2.93. The number of anilines is 3. The van der Waals surface area contributed by atoms with Crippen molar-refractivity contribution in [1.29, 1.82) is 0 Å². The summed E-state index contributed by atoms with van der Waals surface area (Å²) >= 11 is 1.38. The van der Waals surface area contributed by atoms with Crippen LogP contribution in [0.25, 0.3) is 0 Å². The minimum Gasteiger partial charge on any atom is -0.382 e. The van der Waals surface area contributed by atoms with Crippen molar-refractivity contribution in [2.75, 3.05) is 16.4 Å². The Hall–Kier alpha value is -3.00. The molecule has 7 nitrogen and oxygen atoms in total. The lowest BCUT2D eigenvalue weighted by molar-refractivity contribution is 0.103. The number of pyridine rings is 2. The molecule has 0 aliphatic rings. The lowest BCUT2D eigenvalue weighted by Gasteiger charge is -2.09. The highest BCUT2D eigenvalue weighted by Crippen LogP contribution is 2.20. The highest BCUT2D eigenvalue weighted by Gasteiger charge is 2.14. The summed E-state index contributed by atoms with van der Waals surface area (Å²) in [6.07, 6.45) is 3.29. The Morgan fingerprint density at radius 1 is 1.24 bits per heavy atom. The van der Waals surface area contributed by atoms with Gasteiger partial charge in [0.1, 0.15) is 10.7 Å². The van der Waals surface area contributed by atoms with Gasteiger partial charge in [0.15, 0.2) is 0 Å². The summed E-state index contributed by atoms with van der Waals surface area (Å²) in [5, 5.41) is 6.94. The standard InChI is InChI=1S/C17H18N6OS/c1-10-15(25-11(2)22-10)17(24)23-12-5-7-19-13(8-12)9-21-14-4-3-6-20-16(14)18/h3-8,21H,9H2,1-2H3,(H2,18,20)(H,19,23,24). The molecule has 3 rings (SSSR count). The summed E-state index contributed by atoms with van der Waals surface area (Å²) in [4.78, 5) is 25.6. The number of amides is 1. The van der Waals surface area contributed by atoms with Crippen LogP contribution in [0, 0.1) is 13.8 Å². The highest BCUT2D eigenvalue weighted by atomic mass is 32.1. The molecule has 0 aliphatic heterocycles. The van der Waals surface area contributed by atoms with E-state index in [9.17, 15) is 4.79 Å². The summed E-state index contributed by atoms with van der Waals surface area (Å²) in [7, 11) is 0. The van der Waals surface area contributed by atoms with Crippen molar-refractivity contribution in [3.63, 3.8) is 0 Å².